The average molecular weight is 558 g/mol. The molecule has 2 aromatic carbocycles. The van der Waals surface area contributed by atoms with Crippen LogP contribution in [-0.4, -0.2) is 45.7 Å². The van der Waals surface area contributed by atoms with Crippen LogP contribution in [0.4, 0.5) is 5.69 Å². The number of aliphatic hydroxyl groups excluding tert-OH is 3. The lowest BCUT2D eigenvalue weighted by molar-refractivity contribution is -0.167. The van der Waals surface area contributed by atoms with Gasteiger partial charge in [0, 0.05) is 22.6 Å². The molecule has 2 unspecified atom stereocenters. The molecular weight excluding hydrogens is 518 g/mol. The van der Waals surface area contributed by atoms with Crippen molar-refractivity contribution >= 4 is 17.3 Å². The van der Waals surface area contributed by atoms with Crippen LogP contribution in [0.25, 0.3) is 11.1 Å². The van der Waals surface area contributed by atoms with Crippen molar-refractivity contribution in [2.75, 3.05) is 12.3 Å². The minimum Gasteiger partial charge on any atom is -0.399 e. The molecule has 0 heterocycles. The topological polar surface area (TPSA) is 130 Å². The quantitative estimate of drug-likeness (QED) is 0.306. The molecule has 4 aliphatic carbocycles. The van der Waals surface area contributed by atoms with Crippen LogP contribution < -0.4 is 5.73 Å². The Balaban J connectivity index is 1.30. The molecule has 41 heavy (non-hydrogen) atoms. The number of aliphatic hydroxyl groups is 3. The highest BCUT2D eigenvalue weighted by molar-refractivity contribution is 6.01. The second-order valence-corrected chi connectivity index (χ2v) is 12.9. The average Bonchev–Trinajstić information content (AvgIpc) is 3.23. The van der Waals surface area contributed by atoms with Crippen LogP contribution in [-0.2, 0) is 14.3 Å². The summed E-state index contributed by atoms with van der Waals surface area (Å²) in [6, 6.07) is 15.0. The minimum atomic E-state index is -1.27. The molecule has 9 atom stereocenters. The van der Waals surface area contributed by atoms with Crippen molar-refractivity contribution in [3.05, 3.63) is 77.9 Å². The van der Waals surface area contributed by atoms with Crippen molar-refractivity contribution in [3.8, 4) is 11.1 Å². The lowest BCUT2D eigenvalue weighted by Crippen LogP contribution is -2.56. The second-order valence-electron chi connectivity index (χ2n) is 12.9. The van der Waals surface area contributed by atoms with Crippen molar-refractivity contribution < 1.29 is 29.6 Å². The third-order valence-corrected chi connectivity index (χ3v) is 10.7. The molecule has 0 aliphatic heterocycles. The number of Topliss-reactive ketones (excluding diaryl/α,β-unsaturated/α-hetero) is 1. The molecule has 0 spiro atoms. The molecule has 4 aliphatic rings. The zero-order chi connectivity index (χ0) is 29.1. The highest BCUT2D eigenvalue weighted by Gasteiger charge is 2.65. The maximum Gasteiger partial charge on any atom is 0.181 e. The largest absolute Gasteiger partial charge is 0.399 e. The molecule has 0 amide bonds. The fourth-order valence-corrected chi connectivity index (χ4v) is 8.96. The summed E-state index contributed by atoms with van der Waals surface area (Å²) in [5.41, 5.74) is 9.03. The van der Waals surface area contributed by atoms with E-state index in [0.717, 1.165) is 29.5 Å². The van der Waals surface area contributed by atoms with Gasteiger partial charge in [0.15, 0.2) is 17.9 Å². The molecule has 5 N–H and O–H groups in total. The summed E-state index contributed by atoms with van der Waals surface area (Å²) in [5, 5.41) is 32.9. The molecule has 0 saturated heterocycles. The van der Waals surface area contributed by atoms with Crippen LogP contribution in [0.3, 0.4) is 0 Å². The van der Waals surface area contributed by atoms with Gasteiger partial charge in [-0.05, 0) is 84.4 Å². The SMILES string of the molecule is C[C@]12C=CC(=O)C=C1CC[C@@H]1C2[C@@H](O)C[C@@]2(C)C1C[C@@H](O[C@@H](O)c1cccc(-c3cccc(N)c3)c1)[C@@H]2C(=O)CO. The number of carbonyl (C=O) groups excluding carboxylic acids is 2. The molecular formula is C34H39NO6. The Bertz CT molecular complexity index is 1430. The van der Waals surface area contributed by atoms with Gasteiger partial charge in [0.25, 0.3) is 0 Å². The normalized spacial score (nSPS) is 36.6. The molecule has 0 aromatic heterocycles. The first-order chi connectivity index (χ1) is 19.5. The van der Waals surface area contributed by atoms with Gasteiger partial charge >= 0.3 is 0 Å². The predicted octanol–water partition coefficient (Wildman–Crippen LogP) is 4.38. The van der Waals surface area contributed by atoms with Gasteiger partial charge < -0.3 is 25.8 Å². The van der Waals surface area contributed by atoms with E-state index in [9.17, 15) is 24.9 Å². The lowest BCUT2D eigenvalue weighted by atomic mass is 9.46. The van der Waals surface area contributed by atoms with Gasteiger partial charge in [-0.3, -0.25) is 9.59 Å². The van der Waals surface area contributed by atoms with E-state index < -0.39 is 41.9 Å². The minimum absolute atomic E-state index is 0.0113. The predicted molar refractivity (Wildman–Crippen MR) is 155 cm³/mol. The van der Waals surface area contributed by atoms with Crippen LogP contribution in [0, 0.1) is 34.5 Å². The van der Waals surface area contributed by atoms with Gasteiger partial charge in [-0.25, -0.2) is 0 Å². The molecule has 216 valence electrons. The van der Waals surface area contributed by atoms with Crippen molar-refractivity contribution in [2.24, 2.45) is 34.5 Å². The number of hydrogen-bond acceptors (Lipinski definition) is 7. The van der Waals surface area contributed by atoms with Crippen molar-refractivity contribution in [1.29, 1.82) is 0 Å². The molecule has 2 aromatic rings. The molecule has 3 fully saturated rings. The zero-order valence-corrected chi connectivity index (χ0v) is 23.6. The van der Waals surface area contributed by atoms with Crippen molar-refractivity contribution in [2.45, 2.75) is 58.0 Å². The Morgan fingerprint density at radius 3 is 2.61 bits per heavy atom. The third kappa shape index (κ3) is 4.59. The fraction of sp³-hybridized carbons (Fsp3) is 0.471. The Labute approximate surface area is 240 Å². The maximum atomic E-state index is 13.3. The van der Waals surface area contributed by atoms with E-state index in [4.69, 9.17) is 10.5 Å². The number of rotatable bonds is 6. The number of benzene rings is 2. The summed E-state index contributed by atoms with van der Waals surface area (Å²) in [6.45, 7) is 3.54. The number of fused-ring (bicyclic) bond motifs is 5. The van der Waals surface area contributed by atoms with Gasteiger partial charge in [-0.15, -0.1) is 0 Å². The van der Waals surface area contributed by atoms with Gasteiger partial charge in [0.1, 0.15) is 6.61 Å². The molecule has 7 heteroatoms. The number of nitrogens with two attached hydrogens (primary N) is 1. The first kappa shape index (κ1) is 28.0. The monoisotopic (exact) mass is 557 g/mol. The lowest BCUT2D eigenvalue weighted by Gasteiger charge is -2.58. The smallest absolute Gasteiger partial charge is 0.181 e. The van der Waals surface area contributed by atoms with E-state index in [1.807, 2.05) is 55.5 Å². The number of allylic oxidation sites excluding steroid dienone is 4. The van der Waals surface area contributed by atoms with Crippen molar-refractivity contribution in [3.63, 3.8) is 0 Å². The van der Waals surface area contributed by atoms with Gasteiger partial charge in [-0.2, -0.15) is 0 Å². The van der Waals surface area contributed by atoms with E-state index in [-0.39, 0.29) is 29.3 Å². The zero-order valence-electron chi connectivity index (χ0n) is 23.6. The molecule has 0 bridgehead atoms. The van der Waals surface area contributed by atoms with Crippen LogP contribution in [0.1, 0.15) is 51.4 Å². The number of carbonyl (C=O) groups is 2. The molecule has 3 saturated carbocycles. The van der Waals surface area contributed by atoms with Gasteiger partial charge in [0.05, 0.1) is 18.1 Å². The Morgan fingerprint density at radius 1 is 1.15 bits per heavy atom. The molecule has 7 nitrogen and oxygen atoms in total. The number of ether oxygens (including phenoxy) is 1. The van der Waals surface area contributed by atoms with Crippen molar-refractivity contribution in [1.82, 2.24) is 0 Å². The molecule has 0 radical (unpaired) electrons. The summed E-state index contributed by atoms with van der Waals surface area (Å²) in [5.74, 6) is -0.923. The second kappa shape index (κ2) is 10.3. The van der Waals surface area contributed by atoms with Gasteiger partial charge in [-0.1, -0.05) is 55.8 Å². The number of ketones is 2. The number of hydrogen-bond donors (Lipinski definition) is 4. The summed E-state index contributed by atoms with van der Waals surface area (Å²) in [7, 11) is 0. The van der Waals surface area contributed by atoms with E-state index in [2.05, 4.69) is 6.92 Å². The number of anilines is 1. The standard InChI is InChI=1S/C34H39NO6/c1-33-12-11-24(37)15-22(33)9-10-25-26-16-29(31(28(39)18-36)34(26,2)17-27(38)30(25)33)41-32(40)21-7-3-5-19(13-21)20-6-4-8-23(35)14-20/h3-8,11-15,25-27,29-32,36,38,40H,9-10,16-18,35H2,1-2H3/t25-,26?,27-,29+,30?,31-,32+,33-,34-/m0/s1. The van der Waals surface area contributed by atoms with E-state index in [1.165, 1.54) is 0 Å². The van der Waals surface area contributed by atoms with E-state index in [1.54, 1.807) is 18.2 Å². The van der Waals surface area contributed by atoms with Crippen LogP contribution in [0.15, 0.2) is 72.3 Å². The Kier molecular flexibility index (Phi) is 7.05. The van der Waals surface area contributed by atoms with E-state index in [0.29, 0.717) is 24.1 Å². The van der Waals surface area contributed by atoms with Crippen LogP contribution >= 0.6 is 0 Å². The summed E-state index contributed by atoms with van der Waals surface area (Å²) >= 11 is 0. The van der Waals surface area contributed by atoms with Gasteiger partial charge in [0.2, 0.25) is 0 Å². The summed E-state index contributed by atoms with van der Waals surface area (Å²) in [6.07, 6.45) is 5.23. The molecule has 6 rings (SSSR count). The highest BCUT2D eigenvalue weighted by Crippen LogP contribution is 2.66. The van der Waals surface area contributed by atoms with Crippen LogP contribution in [0.2, 0.25) is 0 Å². The first-order valence-electron chi connectivity index (χ1n) is 14.6. The van der Waals surface area contributed by atoms with E-state index >= 15 is 0 Å². The summed E-state index contributed by atoms with van der Waals surface area (Å²) in [4.78, 5) is 25.4. The highest BCUT2D eigenvalue weighted by atomic mass is 16.6. The first-order valence-corrected chi connectivity index (χ1v) is 14.6. The Hall–Kier alpha value is -3.10. The van der Waals surface area contributed by atoms with Crippen LogP contribution in [0.5, 0.6) is 0 Å². The third-order valence-electron chi connectivity index (χ3n) is 10.7. The maximum absolute atomic E-state index is 13.3. The Morgan fingerprint density at radius 2 is 1.88 bits per heavy atom. The fourth-order valence-electron chi connectivity index (χ4n) is 8.96. The number of nitrogen functional groups attached to an aromatic ring is 1. The summed E-state index contributed by atoms with van der Waals surface area (Å²) < 4.78 is 6.31.